The van der Waals surface area contributed by atoms with Crippen molar-refractivity contribution in [1.29, 1.82) is 0 Å². The molecule has 2 N–H and O–H groups in total. The molecule has 0 aromatic heterocycles. The number of hydrogen-bond donors (Lipinski definition) is 2. The Bertz CT molecular complexity index is 790. The first kappa shape index (κ1) is 20.4. The molecule has 0 saturated carbocycles. The first-order valence-electron chi connectivity index (χ1n) is 8.96. The predicted molar refractivity (Wildman–Crippen MR) is 107 cm³/mol. The Morgan fingerprint density at radius 1 is 0.963 bits per heavy atom. The van der Waals surface area contributed by atoms with E-state index in [1.54, 1.807) is 27.4 Å². The number of anilines is 1. The van der Waals surface area contributed by atoms with Crippen LogP contribution in [0.4, 0.5) is 10.5 Å². The minimum absolute atomic E-state index is 0.224. The number of nitrogens with one attached hydrogen (secondary N) is 2. The maximum absolute atomic E-state index is 12.3. The summed E-state index contributed by atoms with van der Waals surface area (Å²) in [6, 6.07) is 9.45. The number of para-hydroxylation sites is 1. The molecule has 2 aromatic carbocycles. The van der Waals surface area contributed by atoms with E-state index in [0.29, 0.717) is 30.2 Å². The largest absolute Gasteiger partial charge is 0.496 e. The van der Waals surface area contributed by atoms with Crippen LogP contribution in [0.15, 0.2) is 30.3 Å². The van der Waals surface area contributed by atoms with Gasteiger partial charge in [0.1, 0.15) is 5.75 Å². The molecule has 146 valence electrons. The van der Waals surface area contributed by atoms with Gasteiger partial charge in [0.05, 0.1) is 21.3 Å². The van der Waals surface area contributed by atoms with E-state index in [1.165, 1.54) is 0 Å². The van der Waals surface area contributed by atoms with Crippen molar-refractivity contribution in [2.24, 2.45) is 0 Å². The second-order valence-electron chi connectivity index (χ2n) is 6.11. The highest BCUT2D eigenvalue weighted by molar-refractivity contribution is 5.91. The SMILES string of the molecule is CCc1cccc(C)c1NC(=O)NCCc1cc(OC)c(OC)cc1OC. The number of hydrogen-bond acceptors (Lipinski definition) is 4. The van der Waals surface area contributed by atoms with Crippen LogP contribution in [-0.4, -0.2) is 33.9 Å². The fourth-order valence-corrected chi connectivity index (χ4v) is 2.96. The van der Waals surface area contributed by atoms with Crippen LogP contribution in [0.1, 0.15) is 23.6 Å². The monoisotopic (exact) mass is 372 g/mol. The van der Waals surface area contributed by atoms with Crippen LogP contribution < -0.4 is 24.8 Å². The van der Waals surface area contributed by atoms with E-state index < -0.39 is 0 Å². The normalized spacial score (nSPS) is 10.3. The van der Waals surface area contributed by atoms with E-state index in [2.05, 4.69) is 17.6 Å². The summed E-state index contributed by atoms with van der Waals surface area (Å²) in [6.07, 6.45) is 1.46. The highest BCUT2D eigenvalue weighted by atomic mass is 16.5. The van der Waals surface area contributed by atoms with Gasteiger partial charge in [-0.15, -0.1) is 0 Å². The van der Waals surface area contributed by atoms with Crippen molar-refractivity contribution in [2.75, 3.05) is 33.2 Å². The van der Waals surface area contributed by atoms with Crippen LogP contribution in [0.25, 0.3) is 0 Å². The van der Waals surface area contributed by atoms with Crippen molar-refractivity contribution in [3.05, 3.63) is 47.0 Å². The molecule has 0 spiro atoms. The Labute approximate surface area is 160 Å². The second kappa shape index (κ2) is 9.71. The number of aryl methyl sites for hydroxylation is 2. The molecule has 0 aliphatic carbocycles. The average molecular weight is 372 g/mol. The Morgan fingerprint density at radius 3 is 2.26 bits per heavy atom. The smallest absolute Gasteiger partial charge is 0.319 e. The van der Waals surface area contributed by atoms with Crippen molar-refractivity contribution >= 4 is 11.7 Å². The number of amides is 2. The lowest BCUT2D eigenvalue weighted by Gasteiger charge is -2.15. The van der Waals surface area contributed by atoms with E-state index in [4.69, 9.17) is 14.2 Å². The minimum atomic E-state index is -0.224. The summed E-state index contributed by atoms with van der Waals surface area (Å²) in [5.41, 5.74) is 3.97. The van der Waals surface area contributed by atoms with Gasteiger partial charge < -0.3 is 24.8 Å². The molecule has 6 nitrogen and oxygen atoms in total. The van der Waals surface area contributed by atoms with Gasteiger partial charge in [-0.1, -0.05) is 25.1 Å². The Hall–Kier alpha value is -2.89. The lowest BCUT2D eigenvalue weighted by Crippen LogP contribution is -2.31. The lowest BCUT2D eigenvalue weighted by molar-refractivity contribution is 0.252. The van der Waals surface area contributed by atoms with E-state index in [-0.39, 0.29) is 6.03 Å². The number of urea groups is 1. The molecule has 0 unspecified atom stereocenters. The average Bonchev–Trinajstić information content (AvgIpc) is 2.68. The van der Waals surface area contributed by atoms with E-state index >= 15 is 0 Å². The van der Waals surface area contributed by atoms with Gasteiger partial charge in [0.15, 0.2) is 11.5 Å². The number of benzene rings is 2. The van der Waals surface area contributed by atoms with E-state index in [0.717, 1.165) is 28.8 Å². The Balaban J connectivity index is 2.01. The van der Waals surface area contributed by atoms with Crippen LogP contribution in [-0.2, 0) is 12.8 Å². The number of rotatable bonds is 8. The zero-order chi connectivity index (χ0) is 19.8. The number of ether oxygens (including phenoxy) is 3. The molecule has 0 aliphatic heterocycles. The molecule has 0 aliphatic rings. The van der Waals surface area contributed by atoms with E-state index in [1.807, 2.05) is 31.2 Å². The van der Waals surface area contributed by atoms with Gasteiger partial charge in [-0.2, -0.15) is 0 Å². The van der Waals surface area contributed by atoms with Gasteiger partial charge >= 0.3 is 6.03 Å². The number of methoxy groups -OCH3 is 3. The molecule has 0 heterocycles. The van der Waals surface area contributed by atoms with E-state index in [9.17, 15) is 4.79 Å². The number of carbonyl (C=O) groups is 1. The molecule has 6 heteroatoms. The fourth-order valence-electron chi connectivity index (χ4n) is 2.96. The Kier molecular flexibility index (Phi) is 7.34. The van der Waals surface area contributed by atoms with Crippen molar-refractivity contribution in [3.63, 3.8) is 0 Å². The van der Waals surface area contributed by atoms with Crippen LogP contribution in [0, 0.1) is 6.92 Å². The molecule has 0 saturated heterocycles. The molecule has 0 radical (unpaired) electrons. The first-order valence-corrected chi connectivity index (χ1v) is 8.96. The summed E-state index contributed by atoms with van der Waals surface area (Å²) in [4.78, 5) is 12.3. The molecule has 27 heavy (non-hydrogen) atoms. The van der Waals surface area contributed by atoms with Gasteiger partial charge in [-0.25, -0.2) is 4.79 Å². The summed E-state index contributed by atoms with van der Waals surface area (Å²) >= 11 is 0. The standard InChI is InChI=1S/C21H28N2O4/c1-6-15-9-7-8-14(2)20(15)23-21(24)22-11-10-16-12-18(26-4)19(27-5)13-17(16)25-3/h7-9,12-13H,6,10-11H2,1-5H3,(H2,22,23,24). The van der Waals surface area contributed by atoms with Crippen molar-refractivity contribution in [2.45, 2.75) is 26.7 Å². The summed E-state index contributed by atoms with van der Waals surface area (Å²) in [5.74, 6) is 1.93. The summed E-state index contributed by atoms with van der Waals surface area (Å²) < 4.78 is 16.1. The minimum Gasteiger partial charge on any atom is -0.496 e. The quantitative estimate of drug-likeness (QED) is 0.736. The molecule has 0 atom stereocenters. The molecule has 0 fully saturated rings. The molecule has 2 rings (SSSR count). The van der Waals surface area contributed by atoms with Gasteiger partial charge in [0, 0.05) is 18.3 Å². The maximum atomic E-state index is 12.3. The van der Waals surface area contributed by atoms with Crippen LogP contribution in [0.2, 0.25) is 0 Å². The zero-order valence-electron chi connectivity index (χ0n) is 16.6. The summed E-state index contributed by atoms with van der Waals surface area (Å²) in [7, 11) is 4.78. The first-order chi connectivity index (χ1) is 13.0. The molecular formula is C21H28N2O4. The van der Waals surface area contributed by atoms with Crippen molar-refractivity contribution < 1.29 is 19.0 Å². The highest BCUT2D eigenvalue weighted by Gasteiger charge is 2.13. The van der Waals surface area contributed by atoms with Gasteiger partial charge in [-0.05, 0) is 42.5 Å². The molecule has 2 aromatic rings. The van der Waals surface area contributed by atoms with Crippen LogP contribution in [0.5, 0.6) is 17.2 Å². The second-order valence-corrected chi connectivity index (χ2v) is 6.11. The third-order valence-electron chi connectivity index (χ3n) is 4.45. The lowest BCUT2D eigenvalue weighted by atomic mass is 10.1. The van der Waals surface area contributed by atoms with Crippen molar-refractivity contribution in [1.82, 2.24) is 5.32 Å². The van der Waals surface area contributed by atoms with Crippen molar-refractivity contribution in [3.8, 4) is 17.2 Å². The summed E-state index contributed by atoms with van der Waals surface area (Å²) in [5, 5.41) is 5.86. The summed E-state index contributed by atoms with van der Waals surface area (Å²) in [6.45, 7) is 4.52. The highest BCUT2D eigenvalue weighted by Crippen LogP contribution is 2.34. The van der Waals surface area contributed by atoms with Crippen LogP contribution in [0.3, 0.4) is 0 Å². The molecule has 2 amide bonds. The predicted octanol–water partition coefficient (Wildman–Crippen LogP) is 3.95. The van der Waals surface area contributed by atoms with Crippen LogP contribution >= 0.6 is 0 Å². The van der Waals surface area contributed by atoms with Gasteiger partial charge in [-0.3, -0.25) is 0 Å². The number of carbonyl (C=O) groups excluding carboxylic acids is 1. The topological polar surface area (TPSA) is 68.8 Å². The molecular weight excluding hydrogens is 344 g/mol. The maximum Gasteiger partial charge on any atom is 0.319 e. The van der Waals surface area contributed by atoms with Gasteiger partial charge in [0.2, 0.25) is 0 Å². The zero-order valence-corrected chi connectivity index (χ0v) is 16.6. The van der Waals surface area contributed by atoms with Gasteiger partial charge in [0.25, 0.3) is 0 Å². The third-order valence-corrected chi connectivity index (χ3v) is 4.45. The Morgan fingerprint density at radius 2 is 1.63 bits per heavy atom. The fraction of sp³-hybridized carbons (Fsp3) is 0.381. The molecule has 0 bridgehead atoms. The third kappa shape index (κ3) is 5.06.